The number of amides is 2. The lowest BCUT2D eigenvalue weighted by Crippen LogP contribution is -2.47. The molecule has 0 saturated carbocycles. The predicted molar refractivity (Wildman–Crippen MR) is 81.4 cm³/mol. The van der Waals surface area contributed by atoms with E-state index in [1.54, 1.807) is 12.1 Å². The molecule has 5 nitrogen and oxygen atoms in total. The van der Waals surface area contributed by atoms with Gasteiger partial charge in [0, 0.05) is 0 Å². The number of hydrogen-bond acceptors (Lipinski definition) is 4. The number of hydrazine groups is 1. The standard InChI is InChI=1S/C14H12ClFN2O3S/c1-8(21-10-4-2-9(16)3-5-10)13(19)17-18-14(20)11-6-7-12(15)22-11/h2-8H,1H3,(H,17,19)(H,18,20). The van der Waals surface area contributed by atoms with Crippen LogP contribution in [-0.4, -0.2) is 17.9 Å². The van der Waals surface area contributed by atoms with Gasteiger partial charge in [0.05, 0.1) is 9.21 Å². The van der Waals surface area contributed by atoms with Crippen LogP contribution in [0, 0.1) is 5.82 Å². The predicted octanol–water partition coefficient (Wildman–Crippen LogP) is 2.77. The van der Waals surface area contributed by atoms with E-state index in [1.165, 1.54) is 31.2 Å². The Bertz CT molecular complexity index is 675. The van der Waals surface area contributed by atoms with Crippen LogP contribution in [-0.2, 0) is 4.79 Å². The molecule has 0 radical (unpaired) electrons. The molecular formula is C14H12ClFN2O3S. The molecule has 1 heterocycles. The van der Waals surface area contributed by atoms with Crippen LogP contribution in [0.1, 0.15) is 16.6 Å². The monoisotopic (exact) mass is 342 g/mol. The summed E-state index contributed by atoms with van der Waals surface area (Å²) in [5, 5.41) is 0. The van der Waals surface area contributed by atoms with Crippen LogP contribution in [0.25, 0.3) is 0 Å². The van der Waals surface area contributed by atoms with Gasteiger partial charge in [0.25, 0.3) is 11.8 Å². The van der Waals surface area contributed by atoms with Gasteiger partial charge < -0.3 is 4.74 Å². The Morgan fingerprint density at radius 2 is 1.86 bits per heavy atom. The molecule has 1 atom stereocenters. The van der Waals surface area contributed by atoms with E-state index in [-0.39, 0.29) is 0 Å². The van der Waals surface area contributed by atoms with Crippen molar-refractivity contribution < 1.29 is 18.7 Å². The number of halogens is 2. The minimum atomic E-state index is -0.863. The lowest BCUT2D eigenvalue weighted by molar-refractivity contribution is -0.128. The van der Waals surface area contributed by atoms with Gasteiger partial charge in [-0.2, -0.15) is 0 Å². The molecule has 0 spiro atoms. The van der Waals surface area contributed by atoms with E-state index < -0.39 is 23.7 Å². The summed E-state index contributed by atoms with van der Waals surface area (Å²) in [4.78, 5) is 23.9. The maximum atomic E-state index is 12.8. The van der Waals surface area contributed by atoms with Gasteiger partial charge >= 0.3 is 0 Å². The second-order valence-electron chi connectivity index (χ2n) is 4.26. The molecule has 0 aliphatic rings. The molecule has 2 N–H and O–H groups in total. The Morgan fingerprint density at radius 3 is 2.45 bits per heavy atom. The molecule has 2 amide bonds. The zero-order valence-corrected chi connectivity index (χ0v) is 13.0. The smallest absolute Gasteiger partial charge is 0.279 e. The second kappa shape index (κ2) is 7.24. The number of nitrogens with one attached hydrogen (secondary N) is 2. The molecule has 116 valence electrons. The summed E-state index contributed by atoms with van der Waals surface area (Å²) in [6, 6.07) is 8.40. The van der Waals surface area contributed by atoms with Crippen molar-refractivity contribution in [3.8, 4) is 5.75 Å². The molecule has 0 aliphatic heterocycles. The highest BCUT2D eigenvalue weighted by Crippen LogP contribution is 2.20. The zero-order chi connectivity index (χ0) is 16.1. The first-order chi connectivity index (χ1) is 10.5. The lowest BCUT2D eigenvalue weighted by Gasteiger charge is -2.14. The van der Waals surface area contributed by atoms with Crippen molar-refractivity contribution in [2.45, 2.75) is 13.0 Å². The Kier molecular flexibility index (Phi) is 5.35. The van der Waals surface area contributed by atoms with Crippen LogP contribution in [0.3, 0.4) is 0 Å². The molecule has 1 unspecified atom stereocenters. The maximum Gasteiger partial charge on any atom is 0.279 e. The molecular weight excluding hydrogens is 331 g/mol. The average Bonchev–Trinajstić information content (AvgIpc) is 2.93. The lowest BCUT2D eigenvalue weighted by atomic mass is 10.3. The van der Waals surface area contributed by atoms with E-state index in [1.807, 2.05) is 0 Å². The number of benzene rings is 1. The normalized spacial score (nSPS) is 11.6. The summed E-state index contributed by atoms with van der Waals surface area (Å²) < 4.78 is 18.6. The van der Waals surface area contributed by atoms with Gasteiger partial charge in [-0.1, -0.05) is 11.6 Å². The highest BCUT2D eigenvalue weighted by atomic mass is 35.5. The van der Waals surface area contributed by atoms with Crippen molar-refractivity contribution in [2.24, 2.45) is 0 Å². The molecule has 2 rings (SSSR count). The van der Waals surface area contributed by atoms with Gasteiger partial charge in [0.1, 0.15) is 11.6 Å². The van der Waals surface area contributed by atoms with Crippen LogP contribution in [0.5, 0.6) is 5.75 Å². The number of hydrogen-bond donors (Lipinski definition) is 2. The van der Waals surface area contributed by atoms with Crippen LogP contribution in [0.2, 0.25) is 4.34 Å². The van der Waals surface area contributed by atoms with Crippen molar-refractivity contribution in [3.05, 3.63) is 51.4 Å². The second-order valence-corrected chi connectivity index (χ2v) is 5.98. The molecule has 8 heteroatoms. The summed E-state index contributed by atoms with van der Waals surface area (Å²) in [6.07, 6.45) is -0.863. The number of thiophene rings is 1. The van der Waals surface area contributed by atoms with Gasteiger partial charge in [-0.15, -0.1) is 11.3 Å². The van der Waals surface area contributed by atoms with Crippen LogP contribution < -0.4 is 15.6 Å². The number of carbonyl (C=O) groups excluding carboxylic acids is 2. The zero-order valence-electron chi connectivity index (χ0n) is 11.4. The van der Waals surface area contributed by atoms with Crippen molar-refractivity contribution >= 4 is 34.8 Å². The fourth-order valence-electron chi connectivity index (χ4n) is 1.49. The molecule has 1 aromatic heterocycles. The van der Waals surface area contributed by atoms with E-state index in [9.17, 15) is 14.0 Å². The molecule has 0 saturated heterocycles. The maximum absolute atomic E-state index is 12.8. The minimum Gasteiger partial charge on any atom is -0.481 e. The summed E-state index contributed by atoms with van der Waals surface area (Å²) in [6.45, 7) is 1.51. The van der Waals surface area contributed by atoms with Crippen molar-refractivity contribution in [1.82, 2.24) is 10.9 Å². The fraction of sp³-hybridized carbons (Fsp3) is 0.143. The third-order valence-electron chi connectivity index (χ3n) is 2.59. The van der Waals surface area contributed by atoms with Gasteiger partial charge in [-0.3, -0.25) is 20.4 Å². The molecule has 2 aromatic rings. The first-order valence-corrected chi connectivity index (χ1v) is 7.43. The number of ether oxygens (including phenoxy) is 1. The van der Waals surface area contributed by atoms with Gasteiger partial charge in [-0.05, 0) is 43.3 Å². The summed E-state index contributed by atoms with van der Waals surface area (Å²) in [7, 11) is 0. The Labute approximate surface area is 135 Å². The minimum absolute atomic E-state index is 0.348. The molecule has 1 aromatic carbocycles. The first kappa shape index (κ1) is 16.3. The fourth-order valence-corrected chi connectivity index (χ4v) is 2.43. The molecule has 22 heavy (non-hydrogen) atoms. The third kappa shape index (κ3) is 4.44. The van der Waals surface area contributed by atoms with Crippen LogP contribution >= 0.6 is 22.9 Å². The number of carbonyl (C=O) groups is 2. The van der Waals surface area contributed by atoms with E-state index in [0.29, 0.717) is 15.0 Å². The van der Waals surface area contributed by atoms with E-state index in [2.05, 4.69) is 10.9 Å². The highest BCUT2D eigenvalue weighted by Gasteiger charge is 2.16. The summed E-state index contributed by atoms with van der Waals surface area (Å²) >= 11 is 6.82. The SMILES string of the molecule is CC(Oc1ccc(F)cc1)C(=O)NNC(=O)c1ccc(Cl)s1. The van der Waals surface area contributed by atoms with Crippen molar-refractivity contribution in [2.75, 3.05) is 0 Å². The van der Waals surface area contributed by atoms with Crippen molar-refractivity contribution in [3.63, 3.8) is 0 Å². The van der Waals surface area contributed by atoms with Crippen molar-refractivity contribution in [1.29, 1.82) is 0 Å². The topological polar surface area (TPSA) is 67.4 Å². The van der Waals surface area contributed by atoms with Gasteiger partial charge in [0.15, 0.2) is 6.10 Å². The quantitative estimate of drug-likeness (QED) is 0.840. The molecule has 0 fully saturated rings. The Hall–Kier alpha value is -2.12. The summed E-state index contributed by atoms with van der Waals surface area (Å²) in [5.41, 5.74) is 4.51. The third-order valence-corrected chi connectivity index (χ3v) is 3.82. The van der Waals surface area contributed by atoms with E-state index in [4.69, 9.17) is 16.3 Å². The van der Waals surface area contributed by atoms with E-state index >= 15 is 0 Å². The number of rotatable bonds is 4. The average molecular weight is 343 g/mol. The molecule has 0 aliphatic carbocycles. The van der Waals surface area contributed by atoms with Crippen LogP contribution in [0.4, 0.5) is 4.39 Å². The largest absolute Gasteiger partial charge is 0.481 e. The molecule has 0 bridgehead atoms. The van der Waals surface area contributed by atoms with Gasteiger partial charge in [-0.25, -0.2) is 4.39 Å². The van der Waals surface area contributed by atoms with Crippen LogP contribution in [0.15, 0.2) is 36.4 Å². The summed E-state index contributed by atoms with van der Waals surface area (Å²) in [5.74, 6) is -1.06. The Balaban J connectivity index is 1.83. The Morgan fingerprint density at radius 1 is 1.18 bits per heavy atom. The first-order valence-electron chi connectivity index (χ1n) is 6.23. The van der Waals surface area contributed by atoms with E-state index in [0.717, 1.165) is 11.3 Å². The van der Waals surface area contributed by atoms with Gasteiger partial charge in [0.2, 0.25) is 0 Å². The highest BCUT2D eigenvalue weighted by molar-refractivity contribution is 7.17.